The molecule has 0 spiro atoms. The molecule has 3 N–H and O–H groups in total. The van der Waals surface area contributed by atoms with Crippen molar-refractivity contribution in [3.8, 4) is 11.8 Å². The zero-order valence-electron chi connectivity index (χ0n) is 18.6. The molecule has 1 fully saturated rings. The Balaban J connectivity index is 1.70. The molecule has 33 heavy (non-hydrogen) atoms. The van der Waals surface area contributed by atoms with E-state index >= 15 is 0 Å². The van der Waals surface area contributed by atoms with Gasteiger partial charge in [-0.25, -0.2) is 4.98 Å². The number of carbonyl (C=O) groups is 2. The number of hydrogen-bond donors (Lipinski definition) is 3. The molecular formula is C25H26ClN5O2. The Bertz CT molecular complexity index is 1130. The van der Waals surface area contributed by atoms with Crippen LogP contribution in [0, 0.1) is 24.2 Å². The Morgan fingerprint density at radius 1 is 1.27 bits per heavy atom. The second-order valence-corrected chi connectivity index (χ2v) is 8.06. The zero-order chi connectivity index (χ0) is 23.8. The quantitative estimate of drug-likeness (QED) is 0.347. The maximum Gasteiger partial charge on any atom is 0.274 e. The van der Waals surface area contributed by atoms with Crippen LogP contribution in [0.4, 0.5) is 5.82 Å². The monoisotopic (exact) mass is 463 g/mol. The fraction of sp³-hybridized carbons (Fsp3) is 0.280. The highest BCUT2D eigenvalue weighted by Gasteiger charge is 2.28. The van der Waals surface area contributed by atoms with Crippen LogP contribution < -0.4 is 10.6 Å². The zero-order valence-corrected chi connectivity index (χ0v) is 19.4. The van der Waals surface area contributed by atoms with E-state index in [4.69, 9.17) is 17.0 Å². The van der Waals surface area contributed by atoms with Crippen LogP contribution >= 0.6 is 11.6 Å². The predicted octanol–water partition coefficient (Wildman–Crippen LogP) is 3.43. The molecule has 1 unspecified atom stereocenters. The number of likely N-dealkylation sites (tertiary alicyclic amines) is 1. The standard InChI is InChI=1S/C25H26ClN5O2/c1-3-22(32)31-12-11-20(16-31)29-23(21(26)14-27)25(33)30-24-17(2)13-19(15-28-24)10-9-18-7-5-4-6-8-18/h4-8,13-15,20,27,29H,3,11-12,16H2,1-2H3,(H,28,30,33)/b23-21+,27-14?. The molecule has 1 atom stereocenters. The minimum atomic E-state index is -0.498. The number of pyridine rings is 1. The fourth-order valence-corrected chi connectivity index (χ4v) is 3.60. The van der Waals surface area contributed by atoms with Gasteiger partial charge in [0, 0.05) is 49.1 Å². The van der Waals surface area contributed by atoms with Crippen molar-refractivity contribution in [2.45, 2.75) is 32.7 Å². The van der Waals surface area contributed by atoms with Gasteiger partial charge in [0.2, 0.25) is 5.91 Å². The smallest absolute Gasteiger partial charge is 0.274 e. The first kappa shape index (κ1) is 24.0. The number of amides is 2. The SMILES string of the molecule is CCC(=O)N1CCC(N/C(C(=O)Nc2ncc(C#Cc3ccccc3)cc2C)=C(/Cl)C=N)C1. The van der Waals surface area contributed by atoms with E-state index in [1.54, 1.807) is 11.1 Å². The third-order valence-electron chi connectivity index (χ3n) is 5.22. The number of rotatable bonds is 6. The largest absolute Gasteiger partial charge is 0.375 e. The lowest BCUT2D eigenvalue weighted by Gasteiger charge is -2.19. The normalized spacial score (nSPS) is 15.7. The van der Waals surface area contributed by atoms with Crippen LogP contribution in [-0.4, -0.2) is 47.0 Å². The molecule has 2 amide bonds. The second kappa shape index (κ2) is 11.3. The van der Waals surface area contributed by atoms with Crippen molar-refractivity contribution in [3.63, 3.8) is 0 Å². The number of anilines is 1. The molecule has 1 aromatic carbocycles. The van der Waals surface area contributed by atoms with Gasteiger partial charge in [-0.1, -0.05) is 48.6 Å². The molecule has 7 nitrogen and oxygen atoms in total. The summed E-state index contributed by atoms with van der Waals surface area (Å²) >= 11 is 6.16. The first-order chi connectivity index (χ1) is 15.9. The van der Waals surface area contributed by atoms with E-state index in [9.17, 15) is 9.59 Å². The molecule has 1 saturated heterocycles. The van der Waals surface area contributed by atoms with Gasteiger partial charge in [0.05, 0.1) is 5.03 Å². The number of halogens is 1. The molecule has 0 radical (unpaired) electrons. The number of carbonyl (C=O) groups excluding carboxylic acids is 2. The lowest BCUT2D eigenvalue weighted by Crippen LogP contribution is -2.38. The van der Waals surface area contributed by atoms with E-state index < -0.39 is 5.91 Å². The topological polar surface area (TPSA) is 98.2 Å². The van der Waals surface area contributed by atoms with E-state index in [1.807, 2.05) is 50.2 Å². The molecule has 1 aliphatic heterocycles. The average Bonchev–Trinajstić information content (AvgIpc) is 3.31. The van der Waals surface area contributed by atoms with Crippen molar-refractivity contribution in [2.75, 3.05) is 18.4 Å². The highest BCUT2D eigenvalue weighted by atomic mass is 35.5. The summed E-state index contributed by atoms with van der Waals surface area (Å²) in [6.45, 7) is 4.75. The van der Waals surface area contributed by atoms with Crippen LogP contribution in [0.3, 0.4) is 0 Å². The highest BCUT2D eigenvalue weighted by Crippen LogP contribution is 2.17. The average molecular weight is 464 g/mol. The maximum absolute atomic E-state index is 13.0. The van der Waals surface area contributed by atoms with E-state index in [0.717, 1.165) is 22.9 Å². The van der Waals surface area contributed by atoms with Crippen LogP contribution in [0.1, 0.15) is 36.5 Å². The Morgan fingerprint density at radius 2 is 2.00 bits per heavy atom. The Labute approximate surface area is 198 Å². The Kier molecular flexibility index (Phi) is 8.22. The summed E-state index contributed by atoms with van der Waals surface area (Å²) in [5.74, 6) is 6.11. The summed E-state index contributed by atoms with van der Waals surface area (Å²) in [5.41, 5.74) is 2.46. The predicted molar refractivity (Wildman–Crippen MR) is 130 cm³/mol. The summed E-state index contributed by atoms with van der Waals surface area (Å²) < 4.78 is 0. The molecule has 0 aliphatic carbocycles. The molecule has 2 heterocycles. The van der Waals surface area contributed by atoms with Gasteiger partial charge in [0.1, 0.15) is 11.5 Å². The van der Waals surface area contributed by atoms with E-state index in [-0.39, 0.29) is 22.7 Å². The maximum atomic E-state index is 13.0. The van der Waals surface area contributed by atoms with Gasteiger partial charge in [-0.2, -0.15) is 0 Å². The van der Waals surface area contributed by atoms with Gasteiger partial charge < -0.3 is 20.9 Å². The number of aryl methyl sites for hydroxylation is 1. The van der Waals surface area contributed by atoms with Crippen LogP contribution in [-0.2, 0) is 9.59 Å². The molecular weight excluding hydrogens is 438 g/mol. The summed E-state index contributed by atoms with van der Waals surface area (Å²) in [6.07, 6.45) is 3.64. The molecule has 0 bridgehead atoms. The third kappa shape index (κ3) is 6.43. The van der Waals surface area contributed by atoms with Crippen molar-refractivity contribution in [1.29, 1.82) is 5.41 Å². The van der Waals surface area contributed by atoms with Crippen LogP contribution in [0.2, 0.25) is 0 Å². The summed E-state index contributed by atoms with van der Waals surface area (Å²) in [7, 11) is 0. The first-order valence-electron chi connectivity index (χ1n) is 10.7. The minimum Gasteiger partial charge on any atom is -0.375 e. The lowest BCUT2D eigenvalue weighted by molar-refractivity contribution is -0.129. The number of aromatic nitrogens is 1. The number of nitrogens with zero attached hydrogens (tertiary/aromatic N) is 2. The second-order valence-electron chi connectivity index (χ2n) is 7.65. The van der Waals surface area contributed by atoms with Crippen LogP contribution in [0.5, 0.6) is 0 Å². The van der Waals surface area contributed by atoms with Crippen molar-refractivity contribution in [3.05, 3.63) is 70.0 Å². The Hall–Kier alpha value is -3.63. The van der Waals surface area contributed by atoms with Gasteiger partial charge in [0.25, 0.3) is 5.91 Å². The van der Waals surface area contributed by atoms with Crippen LogP contribution in [0.15, 0.2) is 53.3 Å². The summed E-state index contributed by atoms with van der Waals surface area (Å²) in [5, 5.41) is 13.3. The number of benzene rings is 1. The lowest BCUT2D eigenvalue weighted by atomic mass is 10.1. The number of nitrogens with one attached hydrogen (secondary N) is 3. The molecule has 2 aromatic rings. The number of hydrogen-bond acceptors (Lipinski definition) is 5. The molecule has 3 rings (SSSR count). The Morgan fingerprint density at radius 3 is 2.67 bits per heavy atom. The van der Waals surface area contributed by atoms with Crippen molar-refractivity contribution in [2.24, 2.45) is 0 Å². The third-order valence-corrected chi connectivity index (χ3v) is 5.52. The van der Waals surface area contributed by atoms with Gasteiger partial charge in [-0.05, 0) is 37.1 Å². The van der Waals surface area contributed by atoms with Gasteiger partial charge in [-0.15, -0.1) is 0 Å². The molecule has 8 heteroatoms. The minimum absolute atomic E-state index is 0.0178. The molecule has 1 aromatic heterocycles. The molecule has 0 saturated carbocycles. The number of allylic oxidation sites excluding steroid dienone is 1. The van der Waals surface area contributed by atoms with Crippen molar-refractivity contribution >= 4 is 35.4 Å². The summed E-state index contributed by atoms with van der Waals surface area (Å²) in [4.78, 5) is 31.0. The van der Waals surface area contributed by atoms with E-state index in [0.29, 0.717) is 31.7 Å². The van der Waals surface area contributed by atoms with Gasteiger partial charge in [0.15, 0.2) is 0 Å². The van der Waals surface area contributed by atoms with Crippen LogP contribution in [0.25, 0.3) is 0 Å². The van der Waals surface area contributed by atoms with E-state index in [2.05, 4.69) is 27.5 Å². The fourth-order valence-electron chi connectivity index (χ4n) is 3.46. The van der Waals surface area contributed by atoms with Gasteiger partial charge in [-0.3, -0.25) is 9.59 Å². The summed E-state index contributed by atoms with van der Waals surface area (Å²) in [6, 6.07) is 11.4. The van der Waals surface area contributed by atoms with Crippen molar-refractivity contribution < 1.29 is 9.59 Å². The first-order valence-corrected chi connectivity index (χ1v) is 11.1. The molecule has 1 aliphatic rings. The highest BCUT2D eigenvalue weighted by molar-refractivity contribution is 6.41. The van der Waals surface area contributed by atoms with E-state index in [1.165, 1.54) is 0 Å². The van der Waals surface area contributed by atoms with Crippen molar-refractivity contribution in [1.82, 2.24) is 15.2 Å². The van der Waals surface area contributed by atoms with Gasteiger partial charge >= 0.3 is 0 Å². The molecule has 170 valence electrons.